The molecule has 23 heavy (non-hydrogen) atoms. The highest BCUT2D eigenvalue weighted by atomic mass is 35.5. The molecule has 0 bridgehead atoms. The average molecular weight is 358 g/mol. The fraction of sp³-hybridized carbons (Fsp3) is 0.312. The van der Waals surface area contributed by atoms with E-state index in [9.17, 15) is 4.79 Å². The van der Waals surface area contributed by atoms with E-state index < -0.39 is 0 Å². The monoisotopic (exact) mass is 357 g/mol. The minimum atomic E-state index is -0.190. The van der Waals surface area contributed by atoms with E-state index in [1.54, 1.807) is 42.5 Å². The molecule has 5 nitrogen and oxygen atoms in total. The summed E-state index contributed by atoms with van der Waals surface area (Å²) in [6.45, 7) is 1.08. The fourth-order valence-electron chi connectivity index (χ4n) is 1.91. The highest BCUT2D eigenvalue weighted by Crippen LogP contribution is 2.27. The molecule has 7 heteroatoms. The van der Waals surface area contributed by atoms with Gasteiger partial charge in [-0.15, -0.1) is 0 Å². The van der Waals surface area contributed by atoms with Gasteiger partial charge < -0.3 is 18.8 Å². The van der Waals surface area contributed by atoms with Crippen LogP contribution in [0.1, 0.15) is 5.76 Å². The van der Waals surface area contributed by atoms with E-state index in [0.29, 0.717) is 41.3 Å². The molecule has 0 fully saturated rings. The lowest BCUT2D eigenvalue weighted by Crippen LogP contribution is -2.36. The predicted octanol–water partition coefficient (Wildman–Crippen LogP) is 3.64. The number of hydrogen-bond donors (Lipinski definition) is 0. The molecular formula is C16H17Cl2NO4. The largest absolute Gasteiger partial charge is 0.482 e. The van der Waals surface area contributed by atoms with Crippen LogP contribution >= 0.6 is 23.2 Å². The number of nitrogens with zero attached hydrogens (tertiary/aromatic N) is 1. The summed E-state index contributed by atoms with van der Waals surface area (Å²) in [6.07, 6.45) is 1.57. The zero-order valence-electron chi connectivity index (χ0n) is 12.6. The minimum absolute atomic E-state index is 0.133. The molecule has 0 N–H and O–H groups in total. The molecule has 0 aliphatic heterocycles. The van der Waals surface area contributed by atoms with Crippen LogP contribution < -0.4 is 4.74 Å². The second kappa shape index (κ2) is 8.82. The van der Waals surface area contributed by atoms with Crippen LogP contribution in [0.2, 0.25) is 10.0 Å². The van der Waals surface area contributed by atoms with Gasteiger partial charge in [0.25, 0.3) is 5.91 Å². The number of halogens is 2. The number of ether oxygens (including phenoxy) is 2. The molecule has 0 spiro atoms. The Labute approximate surface area is 144 Å². The summed E-state index contributed by atoms with van der Waals surface area (Å²) >= 11 is 11.8. The summed E-state index contributed by atoms with van der Waals surface area (Å²) in [6, 6.07) is 8.43. The summed E-state index contributed by atoms with van der Waals surface area (Å²) in [5.41, 5.74) is 0. The third kappa shape index (κ3) is 5.46. The highest BCUT2D eigenvalue weighted by molar-refractivity contribution is 6.35. The first-order chi connectivity index (χ1) is 11.1. The first-order valence-electron chi connectivity index (χ1n) is 6.97. The second-order valence-corrected chi connectivity index (χ2v) is 5.59. The van der Waals surface area contributed by atoms with Gasteiger partial charge in [-0.05, 0) is 30.3 Å². The Hall–Kier alpha value is -1.69. The summed E-state index contributed by atoms with van der Waals surface area (Å²) < 4.78 is 15.8. The standard InChI is InChI=1S/C16H17Cl2NO4/c1-21-8-6-19(10-13-3-2-7-22-13)16(20)11-23-15-5-4-12(17)9-14(15)18/h2-5,7,9H,6,8,10-11H2,1H3. The van der Waals surface area contributed by atoms with Crippen molar-refractivity contribution in [2.75, 3.05) is 26.9 Å². The lowest BCUT2D eigenvalue weighted by molar-refractivity contribution is -0.134. The summed E-state index contributed by atoms with van der Waals surface area (Å²) in [5, 5.41) is 0.869. The molecule has 0 radical (unpaired) electrons. The molecule has 1 aromatic carbocycles. The van der Waals surface area contributed by atoms with Crippen LogP contribution in [0.3, 0.4) is 0 Å². The maximum Gasteiger partial charge on any atom is 0.260 e. The van der Waals surface area contributed by atoms with Gasteiger partial charge in [-0.25, -0.2) is 0 Å². The minimum Gasteiger partial charge on any atom is -0.482 e. The van der Waals surface area contributed by atoms with Crippen molar-refractivity contribution in [3.8, 4) is 5.75 Å². The summed E-state index contributed by atoms with van der Waals surface area (Å²) in [5.74, 6) is 0.914. The van der Waals surface area contributed by atoms with Crippen LogP contribution in [0, 0.1) is 0 Å². The van der Waals surface area contributed by atoms with Crippen molar-refractivity contribution in [2.45, 2.75) is 6.54 Å². The van der Waals surface area contributed by atoms with Crippen LogP contribution in [0.4, 0.5) is 0 Å². The Morgan fingerprint density at radius 1 is 1.30 bits per heavy atom. The average Bonchev–Trinajstić information content (AvgIpc) is 3.03. The van der Waals surface area contributed by atoms with Gasteiger partial charge in [-0.3, -0.25) is 4.79 Å². The molecule has 0 aliphatic carbocycles. The molecular weight excluding hydrogens is 341 g/mol. The van der Waals surface area contributed by atoms with Crippen molar-refractivity contribution in [3.05, 3.63) is 52.4 Å². The number of amides is 1. The van der Waals surface area contributed by atoms with Gasteiger partial charge in [0.1, 0.15) is 11.5 Å². The number of hydrogen-bond acceptors (Lipinski definition) is 4. The van der Waals surface area contributed by atoms with E-state index in [2.05, 4.69) is 0 Å². The normalized spacial score (nSPS) is 10.6. The number of carbonyl (C=O) groups excluding carboxylic acids is 1. The van der Waals surface area contributed by atoms with Crippen molar-refractivity contribution in [3.63, 3.8) is 0 Å². The molecule has 1 aromatic heterocycles. The second-order valence-electron chi connectivity index (χ2n) is 4.75. The molecule has 0 saturated carbocycles. The van der Waals surface area contributed by atoms with Crippen molar-refractivity contribution in [2.24, 2.45) is 0 Å². The smallest absolute Gasteiger partial charge is 0.260 e. The van der Waals surface area contributed by atoms with E-state index in [0.717, 1.165) is 0 Å². The highest BCUT2D eigenvalue weighted by Gasteiger charge is 2.16. The molecule has 1 heterocycles. The molecule has 2 rings (SSSR count). The Morgan fingerprint density at radius 3 is 2.78 bits per heavy atom. The van der Waals surface area contributed by atoms with Crippen molar-refractivity contribution >= 4 is 29.1 Å². The van der Waals surface area contributed by atoms with Crippen molar-refractivity contribution in [1.29, 1.82) is 0 Å². The number of carbonyl (C=O) groups is 1. The maximum absolute atomic E-state index is 12.4. The zero-order chi connectivity index (χ0) is 16.7. The number of rotatable bonds is 8. The van der Waals surface area contributed by atoms with Gasteiger partial charge >= 0.3 is 0 Å². The lowest BCUT2D eigenvalue weighted by Gasteiger charge is -2.21. The predicted molar refractivity (Wildman–Crippen MR) is 88.0 cm³/mol. The number of benzene rings is 1. The van der Waals surface area contributed by atoms with Crippen LogP contribution in [0.5, 0.6) is 5.75 Å². The Morgan fingerprint density at radius 2 is 2.13 bits per heavy atom. The van der Waals surface area contributed by atoms with Gasteiger partial charge in [0.15, 0.2) is 6.61 Å². The van der Waals surface area contributed by atoms with E-state index in [1.165, 1.54) is 0 Å². The summed E-state index contributed by atoms with van der Waals surface area (Å²) in [4.78, 5) is 14.0. The molecule has 124 valence electrons. The van der Waals surface area contributed by atoms with E-state index in [1.807, 2.05) is 6.07 Å². The van der Waals surface area contributed by atoms with Gasteiger partial charge in [0.05, 0.1) is 24.4 Å². The molecule has 0 unspecified atom stereocenters. The van der Waals surface area contributed by atoms with Crippen LogP contribution in [-0.4, -0.2) is 37.7 Å². The third-order valence-electron chi connectivity index (χ3n) is 3.09. The Bertz CT molecular complexity index is 631. The van der Waals surface area contributed by atoms with E-state index in [4.69, 9.17) is 37.1 Å². The van der Waals surface area contributed by atoms with Crippen molar-refractivity contribution in [1.82, 2.24) is 4.90 Å². The first kappa shape index (κ1) is 17.7. The molecule has 2 aromatic rings. The number of methoxy groups -OCH3 is 1. The van der Waals surface area contributed by atoms with Crippen molar-refractivity contribution < 1.29 is 18.7 Å². The third-order valence-corrected chi connectivity index (χ3v) is 3.62. The molecule has 1 amide bonds. The van der Waals surface area contributed by atoms with Gasteiger partial charge in [-0.2, -0.15) is 0 Å². The van der Waals surface area contributed by atoms with Gasteiger partial charge in [-0.1, -0.05) is 23.2 Å². The van der Waals surface area contributed by atoms with Gasteiger partial charge in [0, 0.05) is 18.7 Å². The molecule has 0 saturated heterocycles. The van der Waals surface area contributed by atoms with Gasteiger partial charge in [0.2, 0.25) is 0 Å². The Balaban J connectivity index is 1.96. The SMILES string of the molecule is COCCN(Cc1ccco1)C(=O)COc1ccc(Cl)cc1Cl. The molecule has 0 aliphatic rings. The zero-order valence-corrected chi connectivity index (χ0v) is 14.1. The number of furan rings is 1. The fourth-order valence-corrected chi connectivity index (χ4v) is 2.37. The first-order valence-corrected chi connectivity index (χ1v) is 7.72. The lowest BCUT2D eigenvalue weighted by atomic mass is 10.3. The quantitative estimate of drug-likeness (QED) is 0.723. The maximum atomic E-state index is 12.4. The van der Waals surface area contributed by atoms with E-state index in [-0.39, 0.29) is 12.5 Å². The van der Waals surface area contributed by atoms with Crippen LogP contribution in [0.25, 0.3) is 0 Å². The molecule has 0 atom stereocenters. The Kier molecular flexibility index (Phi) is 6.77. The van der Waals surface area contributed by atoms with E-state index >= 15 is 0 Å². The summed E-state index contributed by atoms with van der Waals surface area (Å²) in [7, 11) is 1.58. The van der Waals surface area contributed by atoms with Crippen LogP contribution in [-0.2, 0) is 16.1 Å². The topological polar surface area (TPSA) is 51.9 Å². The van der Waals surface area contributed by atoms with Crippen LogP contribution in [0.15, 0.2) is 41.0 Å².